The maximum absolute atomic E-state index is 13.2. The summed E-state index contributed by atoms with van der Waals surface area (Å²) >= 11 is 5.27. The Morgan fingerprint density at radius 2 is 1.32 bits per heavy atom. The SMILES string of the molecule is CCN(c1ccccc1)S(=O)(=O)c1ccc(NC(=S)NC(=O)c2ccc(OCCOc3ccccc3)cc2)cc1. The maximum Gasteiger partial charge on any atom is 0.264 e. The number of para-hydroxylation sites is 2. The summed E-state index contributed by atoms with van der Waals surface area (Å²) in [4.78, 5) is 12.8. The maximum atomic E-state index is 13.2. The lowest BCUT2D eigenvalue weighted by atomic mass is 10.2. The van der Waals surface area contributed by atoms with E-state index in [0.29, 0.717) is 35.9 Å². The van der Waals surface area contributed by atoms with Gasteiger partial charge in [0.05, 0.1) is 10.6 Å². The molecule has 0 aliphatic heterocycles. The molecule has 0 saturated heterocycles. The van der Waals surface area contributed by atoms with Gasteiger partial charge in [0.15, 0.2) is 5.11 Å². The summed E-state index contributed by atoms with van der Waals surface area (Å²) in [5, 5.41) is 5.61. The molecule has 0 spiro atoms. The molecule has 10 heteroatoms. The second-order valence-electron chi connectivity index (χ2n) is 8.47. The molecule has 0 aliphatic carbocycles. The van der Waals surface area contributed by atoms with Crippen molar-refractivity contribution in [2.24, 2.45) is 0 Å². The van der Waals surface area contributed by atoms with E-state index in [9.17, 15) is 13.2 Å². The van der Waals surface area contributed by atoms with Crippen LogP contribution in [0.3, 0.4) is 0 Å². The summed E-state index contributed by atoms with van der Waals surface area (Å²) in [5.41, 5.74) is 1.53. The monoisotopic (exact) mass is 575 g/mol. The van der Waals surface area contributed by atoms with Crippen LogP contribution in [0.25, 0.3) is 0 Å². The first-order valence-corrected chi connectivity index (χ1v) is 14.4. The summed E-state index contributed by atoms with van der Waals surface area (Å²) in [6, 6.07) is 31.2. The van der Waals surface area contributed by atoms with Crippen molar-refractivity contribution in [2.45, 2.75) is 11.8 Å². The zero-order valence-corrected chi connectivity index (χ0v) is 23.5. The lowest BCUT2D eigenvalue weighted by Gasteiger charge is -2.23. The van der Waals surface area contributed by atoms with Gasteiger partial charge in [-0.1, -0.05) is 36.4 Å². The Morgan fingerprint density at radius 3 is 1.90 bits per heavy atom. The van der Waals surface area contributed by atoms with E-state index in [-0.39, 0.29) is 16.6 Å². The van der Waals surface area contributed by atoms with Crippen LogP contribution >= 0.6 is 12.2 Å². The first-order chi connectivity index (χ1) is 19.4. The lowest BCUT2D eigenvalue weighted by Crippen LogP contribution is -2.34. The summed E-state index contributed by atoms with van der Waals surface area (Å²) in [5.74, 6) is 0.991. The number of ether oxygens (including phenoxy) is 2. The van der Waals surface area contributed by atoms with Crippen LogP contribution in [0.1, 0.15) is 17.3 Å². The van der Waals surface area contributed by atoms with Gasteiger partial charge < -0.3 is 14.8 Å². The van der Waals surface area contributed by atoms with Gasteiger partial charge in [0.1, 0.15) is 24.7 Å². The molecule has 0 aliphatic rings. The number of rotatable bonds is 11. The molecule has 0 fully saturated rings. The average Bonchev–Trinajstić information content (AvgIpc) is 2.97. The summed E-state index contributed by atoms with van der Waals surface area (Å²) < 4.78 is 38.9. The van der Waals surface area contributed by atoms with Gasteiger partial charge >= 0.3 is 0 Å². The van der Waals surface area contributed by atoms with Gasteiger partial charge in [-0.2, -0.15) is 0 Å². The van der Waals surface area contributed by atoms with Crippen LogP contribution in [0.4, 0.5) is 11.4 Å². The molecule has 4 aromatic carbocycles. The minimum atomic E-state index is -3.74. The number of sulfonamides is 1. The molecule has 0 unspecified atom stereocenters. The van der Waals surface area contributed by atoms with Crippen molar-refractivity contribution in [1.82, 2.24) is 5.32 Å². The number of nitrogens with one attached hydrogen (secondary N) is 2. The van der Waals surface area contributed by atoms with E-state index in [1.54, 1.807) is 67.6 Å². The topological polar surface area (TPSA) is 97.0 Å². The highest BCUT2D eigenvalue weighted by Crippen LogP contribution is 2.24. The van der Waals surface area contributed by atoms with Gasteiger partial charge in [0.25, 0.3) is 15.9 Å². The Kier molecular flexibility index (Phi) is 9.71. The summed E-state index contributed by atoms with van der Waals surface area (Å²) in [7, 11) is -3.74. The van der Waals surface area contributed by atoms with Crippen molar-refractivity contribution >= 4 is 44.6 Å². The van der Waals surface area contributed by atoms with Crippen molar-refractivity contribution < 1.29 is 22.7 Å². The minimum Gasteiger partial charge on any atom is -0.490 e. The van der Waals surface area contributed by atoms with E-state index < -0.39 is 15.9 Å². The number of thiocarbonyl (C=S) groups is 1. The van der Waals surface area contributed by atoms with Crippen LogP contribution in [0.2, 0.25) is 0 Å². The molecule has 0 radical (unpaired) electrons. The summed E-state index contributed by atoms with van der Waals surface area (Å²) in [6.45, 7) is 2.82. The minimum absolute atomic E-state index is 0.0819. The fraction of sp³-hybridized carbons (Fsp3) is 0.133. The first-order valence-electron chi connectivity index (χ1n) is 12.6. The number of hydrogen-bond donors (Lipinski definition) is 2. The second kappa shape index (κ2) is 13.6. The summed E-state index contributed by atoms with van der Waals surface area (Å²) in [6.07, 6.45) is 0. The van der Waals surface area contributed by atoms with Crippen LogP contribution < -0.4 is 24.4 Å². The molecule has 0 aromatic heterocycles. The molecule has 4 rings (SSSR count). The molecule has 0 atom stereocenters. The van der Waals surface area contributed by atoms with E-state index in [4.69, 9.17) is 21.7 Å². The smallest absolute Gasteiger partial charge is 0.264 e. The number of carbonyl (C=O) groups excluding carboxylic acids is 1. The molecule has 4 aromatic rings. The molecule has 0 saturated carbocycles. The number of nitrogens with zero attached hydrogens (tertiary/aromatic N) is 1. The molecular formula is C30H29N3O5S2. The van der Waals surface area contributed by atoms with Gasteiger partial charge in [-0.25, -0.2) is 8.42 Å². The number of anilines is 2. The molecule has 8 nitrogen and oxygen atoms in total. The highest BCUT2D eigenvalue weighted by molar-refractivity contribution is 7.92. The van der Waals surface area contributed by atoms with Crippen molar-refractivity contribution in [1.29, 1.82) is 0 Å². The van der Waals surface area contributed by atoms with Gasteiger partial charge in [0, 0.05) is 17.8 Å². The van der Waals surface area contributed by atoms with Crippen LogP contribution in [0, 0.1) is 0 Å². The number of carbonyl (C=O) groups is 1. The van der Waals surface area contributed by atoms with Gasteiger partial charge in [-0.3, -0.25) is 14.4 Å². The van der Waals surface area contributed by atoms with Gasteiger partial charge in [0.2, 0.25) is 0 Å². The second-order valence-corrected chi connectivity index (χ2v) is 10.7. The van der Waals surface area contributed by atoms with Gasteiger partial charge in [-0.05, 0) is 91.9 Å². The van der Waals surface area contributed by atoms with E-state index in [1.165, 1.54) is 16.4 Å². The molecule has 2 N–H and O–H groups in total. The largest absolute Gasteiger partial charge is 0.490 e. The number of benzene rings is 4. The highest BCUT2D eigenvalue weighted by Gasteiger charge is 2.23. The molecular weight excluding hydrogens is 546 g/mol. The molecule has 40 heavy (non-hydrogen) atoms. The van der Waals surface area contributed by atoms with Crippen LogP contribution in [0.15, 0.2) is 114 Å². The molecule has 0 heterocycles. The first kappa shape index (κ1) is 28.6. The van der Waals surface area contributed by atoms with Crippen LogP contribution in [-0.4, -0.2) is 39.2 Å². The average molecular weight is 576 g/mol. The van der Waals surface area contributed by atoms with Crippen molar-refractivity contribution in [3.63, 3.8) is 0 Å². The third-order valence-corrected chi connectivity index (χ3v) is 7.86. The Bertz CT molecular complexity index is 1510. The van der Waals surface area contributed by atoms with Crippen molar-refractivity contribution in [3.05, 3.63) is 115 Å². The molecule has 206 valence electrons. The normalized spacial score (nSPS) is 10.8. The van der Waals surface area contributed by atoms with E-state index in [1.807, 2.05) is 36.4 Å². The Balaban J connectivity index is 1.27. The fourth-order valence-corrected chi connectivity index (χ4v) is 5.48. The van der Waals surface area contributed by atoms with E-state index in [0.717, 1.165) is 5.75 Å². The predicted octanol–water partition coefficient (Wildman–Crippen LogP) is 5.49. The van der Waals surface area contributed by atoms with Crippen molar-refractivity contribution in [3.8, 4) is 11.5 Å². The fourth-order valence-electron chi connectivity index (χ4n) is 3.80. The quantitative estimate of drug-likeness (QED) is 0.180. The lowest BCUT2D eigenvalue weighted by molar-refractivity contribution is 0.0977. The third kappa shape index (κ3) is 7.58. The Hall–Kier alpha value is -4.41. The third-order valence-electron chi connectivity index (χ3n) is 5.74. The molecule has 1 amide bonds. The predicted molar refractivity (Wildman–Crippen MR) is 161 cm³/mol. The Morgan fingerprint density at radius 1 is 0.775 bits per heavy atom. The van der Waals surface area contributed by atoms with E-state index >= 15 is 0 Å². The Labute approximate surface area is 239 Å². The van der Waals surface area contributed by atoms with Crippen LogP contribution in [-0.2, 0) is 10.0 Å². The van der Waals surface area contributed by atoms with Crippen molar-refractivity contribution in [2.75, 3.05) is 29.4 Å². The molecule has 0 bridgehead atoms. The standard InChI is InChI=1S/C30H29N3O5S2/c1-2-33(25-9-5-3-6-10-25)40(35,36)28-19-15-24(16-20-28)31-30(39)32-29(34)23-13-17-27(18-14-23)38-22-21-37-26-11-7-4-8-12-26/h3-20H,2,21-22H2,1H3,(H2,31,32,34,39). The zero-order valence-electron chi connectivity index (χ0n) is 21.8. The number of amides is 1. The number of hydrogen-bond acceptors (Lipinski definition) is 6. The van der Waals surface area contributed by atoms with E-state index in [2.05, 4.69) is 10.6 Å². The van der Waals surface area contributed by atoms with Gasteiger partial charge in [-0.15, -0.1) is 0 Å². The zero-order chi connectivity index (χ0) is 28.4. The van der Waals surface area contributed by atoms with Crippen LogP contribution in [0.5, 0.6) is 11.5 Å². The highest BCUT2D eigenvalue weighted by atomic mass is 32.2.